The van der Waals surface area contributed by atoms with Crippen molar-refractivity contribution >= 4 is 43.5 Å². The summed E-state index contributed by atoms with van der Waals surface area (Å²) in [6.45, 7) is 39.7. The molecular formula is C56H58O. The molecule has 1 nitrogen and oxygen atoms in total. The largest absolute Gasteiger partial charge is 0.455 e. The van der Waals surface area contributed by atoms with Crippen LogP contribution in [0.5, 0.6) is 0 Å². The van der Waals surface area contributed by atoms with Crippen molar-refractivity contribution in [2.75, 3.05) is 0 Å². The fraction of sp³-hybridized carbons (Fsp3) is 0.321. The minimum Gasteiger partial charge on any atom is -0.455 e. The molecule has 288 valence electrons. The molecular weight excluding hydrogens is 689 g/mol. The van der Waals surface area contributed by atoms with Crippen molar-refractivity contribution < 1.29 is 4.42 Å². The molecule has 0 amide bonds. The molecule has 7 aromatic carbocycles. The number of hydrogen-bond acceptors (Lipinski definition) is 1. The van der Waals surface area contributed by atoms with E-state index in [1.807, 2.05) is 0 Å². The first-order valence-corrected chi connectivity index (χ1v) is 21.0. The maximum atomic E-state index is 6.97. The second-order valence-electron chi connectivity index (χ2n) is 18.4. The van der Waals surface area contributed by atoms with E-state index in [2.05, 4.69) is 160 Å². The molecule has 0 atom stereocenters. The Bertz CT molecular complexity index is 3090. The van der Waals surface area contributed by atoms with Crippen molar-refractivity contribution in [3.8, 4) is 33.4 Å². The number of rotatable bonds is 2. The molecule has 1 heterocycles. The molecule has 9 rings (SSSR count). The minimum atomic E-state index is -0.0458. The van der Waals surface area contributed by atoms with Crippen LogP contribution in [0.15, 0.2) is 46.9 Å². The van der Waals surface area contributed by atoms with Crippen LogP contribution in [0, 0.1) is 104 Å². The van der Waals surface area contributed by atoms with E-state index in [9.17, 15) is 0 Å². The summed E-state index contributed by atoms with van der Waals surface area (Å²) in [4.78, 5) is 0. The summed E-state index contributed by atoms with van der Waals surface area (Å²) < 4.78 is 6.97. The van der Waals surface area contributed by atoms with E-state index in [-0.39, 0.29) is 5.41 Å². The summed E-state index contributed by atoms with van der Waals surface area (Å²) in [5.74, 6) is 0. The van der Waals surface area contributed by atoms with Crippen molar-refractivity contribution in [2.45, 2.75) is 123 Å². The molecule has 0 aliphatic heterocycles. The van der Waals surface area contributed by atoms with Crippen LogP contribution in [0.2, 0.25) is 0 Å². The van der Waals surface area contributed by atoms with Crippen LogP contribution in [-0.4, -0.2) is 0 Å². The molecule has 1 aromatic heterocycles. The third kappa shape index (κ3) is 4.58. The van der Waals surface area contributed by atoms with Crippen molar-refractivity contribution in [1.29, 1.82) is 0 Å². The van der Waals surface area contributed by atoms with Crippen LogP contribution in [0.1, 0.15) is 108 Å². The van der Waals surface area contributed by atoms with Gasteiger partial charge >= 0.3 is 0 Å². The Hall–Kier alpha value is -5.14. The van der Waals surface area contributed by atoms with Crippen molar-refractivity contribution in [3.05, 3.63) is 137 Å². The van der Waals surface area contributed by atoms with Gasteiger partial charge in [0.1, 0.15) is 11.2 Å². The van der Waals surface area contributed by atoms with E-state index in [0.717, 1.165) is 11.2 Å². The molecule has 1 aliphatic rings. The highest BCUT2D eigenvalue weighted by atomic mass is 16.3. The Morgan fingerprint density at radius 2 is 0.737 bits per heavy atom. The van der Waals surface area contributed by atoms with Crippen molar-refractivity contribution in [1.82, 2.24) is 0 Å². The van der Waals surface area contributed by atoms with Gasteiger partial charge in [-0.25, -0.2) is 0 Å². The first-order chi connectivity index (χ1) is 26.8. The number of benzene rings is 7. The van der Waals surface area contributed by atoms with Crippen LogP contribution in [0.25, 0.3) is 76.9 Å². The van der Waals surface area contributed by atoms with E-state index in [1.165, 1.54) is 160 Å². The van der Waals surface area contributed by atoms with Gasteiger partial charge in [-0.1, -0.05) is 50.2 Å². The average molecular weight is 747 g/mol. The maximum absolute atomic E-state index is 6.97. The molecule has 0 saturated heterocycles. The smallest absolute Gasteiger partial charge is 0.138 e. The molecule has 1 aliphatic carbocycles. The van der Waals surface area contributed by atoms with Crippen LogP contribution in [0.3, 0.4) is 0 Å². The molecule has 0 saturated carbocycles. The average Bonchev–Trinajstić information content (AvgIpc) is 3.71. The normalized spacial score (nSPS) is 13.5. The third-order valence-electron chi connectivity index (χ3n) is 15.8. The summed E-state index contributed by atoms with van der Waals surface area (Å²) in [6.07, 6.45) is 0. The Morgan fingerprint density at radius 3 is 1.26 bits per heavy atom. The highest BCUT2D eigenvalue weighted by Crippen LogP contribution is 2.55. The standard InChI is InChI=1S/C56H58O/c1-25-27(3)33(9)48-46(31(25)7)52(40-22-23-44-42(24-40)41-20-18-19-21-43(41)56(44,16)17)47-32(8)26(2)28(4)34(10)49(47)53(48)45-36(12)38(14)55-51(39(45)15)50-35(11)29(5)30(6)37(13)54(50)57-55/h18-24H,1-17H3. The molecule has 0 unspecified atom stereocenters. The second kappa shape index (κ2) is 12.2. The lowest BCUT2D eigenvalue weighted by Gasteiger charge is -2.29. The summed E-state index contributed by atoms with van der Waals surface area (Å²) in [5, 5.41) is 8.11. The van der Waals surface area contributed by atoms with E-state index < -0.39 is 0 Å². The van der Waals surface area contributed by atoms with Gasteiger partial charge in [-0.05, 0) is 259 Å². The van der Waals surface area contributed by atoms with Crippen LogP contribution < -0.4 is 0 Å². The minimum absolute atomic E-state index is 0.0458. The van der Waals surface area contributed by atoms with E-state index in [0.29, 0.717) is 0 Å². The van der Waals surface area contributed by atoms with Gasteiger partial charge in [-0.2, -0.15) is 0 Å². The predicted octanol–water partition coefficient (Wildman–Crippen LogP) is 16.2. The zero-order valence-corrected chi connectivity index (χ0v) is 37.4. The van der Waals surface area contributed by atoms with E-state index in [4.69, 9.17) is 4.42 Å². The van der Waals surface area contributed by atoms with Gasteiger partial charge in [0, 0.05) is 16.2 Å². The van der Waals surface area contributed by atoms with Gasteiger partial charge in [0.25, 0.3) is 0 Å². The van der Waals surface area contributed by atoms with Gasteiger partial charge < -0.3 is 4.42 Å². The highest BCUT2D eigenvalue weighted by Gasteiger charge is 2.36. The third-order valence-corrected chi connectivity index (χ3v) is 15.8. The Morgan fingerprint density at radius 1 is 0.333 bits per heavy atom. The zero-order chi connectivity index (χ0) is 41.1. The van der Waals surface area contributed by atoms with Crippen LogP contribution in [0.4, 0.5) is 0 Å². The lowest BCUT2D eigenvalue weighted by molar-refractivity contribution is 0.660. The van der Waals surface area contributed by atoms with E-state index >= 15 is 0 Å². The van der Waals surface area contributed by atoms with E-state index in [1.54, 1.807) is 0 Å². The molecule has 57 heavy (non-hydrogen) atoms. The predicted molar refractivity (Wildman–Crippen MR) is 248 cm³/mol. The Kier molecular flexibility index (Phi) is 8.00. The molecule has 0 fully saturated rings. The lowest BCUT2D eigenvalue weighted by atomic mass is 9.74. The van der Waals surface area contributed by atoms with Crippen LogP contribution >= 0.6 is 0 Å². The van der Waals surface area contributed by atoms with Crippen LogP contribution in [-0.2, 0) is 5.41 Å². The SMILES string of the molecule is Cc1c(C)c(C)c2c(oc3c(C)c(C)c(-c4c5c(C)c(C)c(C)c(C)c5c(-c5ccc6c(c5)-c5ccccc5C6(C)C)c5c(C)c(C)c(C)c(C)c45)c(C)c32)c1C. The van der Waals surface area contributed by atoms with Gasteiger partial charge in [0.15, 0.2) is 0 Å². The highest BCUT2D eigenvalue weighted by molar-refractivity contribution is 6.27. The fourth-order valence-electron chi connectivity index (χ4n) is 11.3. The second-order valence-corrected chi connectivity index (χ2v) is 18.4. The maximum Gasteiger partial charge on any atom is 0.138 e. The topological polar surface area (TPSA) is 13.1 Å². The van der Waals surface area contributed by atoms with Gasteiger partial charge in [-0.15, -0.1) is 0 Å². The van der Waals surface area contributed by atoms with Crippen molar-refractivity contribution in [2.24, 2.45) is 0 Å². The van der Waals surface area contributed by atoms with Gasteiger partial charge in [-0.3, -0.25) is 0 Å². The molecule has 8 aromatic rings. The Balaban J connectivity index is 1.56. The summed E-state index contributed by atoms with van der Waals surface area (Å²) in [7, 11) is 0. The summed E-state index contributed by atoms with van der Waals surface area (Å²) in [5.41, 5.74) is 33.2. The summed E-state index contributed by atoms with van der Waals surface area (Å²) in [6, 6.07) is 16.5. The number of aryl methyl sites for hydroxylation is 8. The molecule has 1 heteroatoms. The number of hydrogen-bond donors (Lipinski definition) is 0. The number of fused-ring (bicyclic) bond motifs is 8. The molecule has 0 bridgehead atoms. The molecule has 0 N–H and O–H groups in total. The van der Waals surface area contributed by atoms with Gasteiger partial charge in [0.2, 0.25) is 0 Å². The van der Waals surface area contributed by atoms with Gasteiger partial charge in [0.05, 0.1) is 0 Å². The molecule has 0 radical (unpaired) electrons. The summed E-state index contributed by atoms with van der Waals surface area (Å²) >= 11 is 0. The lowest BCUT2D eigenvalue weighted by Crippen LogP contribution is -2.14. The first-order valence-electron chi connectivity index (χ1n) is 21.0. The van der Waals surface area contributed by atoms with Crippen molar-refractivity contribution in [3.63, 3.8) is 0 Å². The Labute approximate surface area is 340 Å². The number of furan rings is 1. The molecule has 0 spiro atoms. The first kappa shape index (κ1) is 37.4. The quantitative estimate of drug-likeness (QED) is 0.161. The monoisotopic (exact) mass is 746 g/mol. The fourth-order valence-corrected chi connectivity index (χ4v) is 11.3. The zero-order valence-electron chi connectivity index (χ0n) is 37.4.